The van der Waals surface area contributed by atoms with E-state index in [-0.39, 0.29) is 0 Å². The van der Waals surface area contributed by atoms with Crippen molar-refractivity contribution in [3.63, 3.8) is 0 Å². The second-order valence-corrected chi connectivity index (χ2v) is 6.04. The number of hydrogen-bond acceptors (Lipinski definition) is 2. The van der Waals surface area contributed by atoms with Crippen LogP contribution in [0.15, 0.2) is 18.2 Å². The van der Waals surface area contributed by atoms with Gasteiger partial charge in [-0.05, 0) is 69.7 Å². The van der Waals surface area contributed by atoms with E-state index < -0.39 is 0 Å². The van der Waals surface area contributed by atoms with Crippen LogP contribution in [0.5, 0.6) is 0 Å². The molecule has 3 nitrogen and oxygen atoms in total. The highest BCUT2D eigenvalue weighted by Gasteiger charge is 2.19. The molecule has 0 amide bonds. The van der Waals surface area contributed by atoms with Crippen LogP contribution in [-0.2, 0) is 6.54 Å². The first-order valence-corrected chi connectivity index (χ1v) is 7.49. The van der Waals surface area contributed by atoms with Crippen LogP contribution in [0.3, 0.4) is 0 Å². The Kier molecular flexibility index (Phi) is 3.46. The average Bonchev–Trinajstić information content (AvgIpc) is 2.99. The molecule has 4 heteroatoms. The fourth-order valence-electron chi connectivity index (χ4n) is 3.01. The number of likely N-dealkylation sites (tertiary alicyclic amines) is 1. The van der Waals surface area contributed by atoms with Crippen molar-refractivity contribution in [1.29, 1.82) is 0 Å². The van der Waals surface area contributed by atoms with Crippen molar-refractivity contribution < 1.29 is 0 Å². The third kappa shape index (κ3) is 2.47. The summed E-state index contributed by atoms with van der Waals surface area (Å²) in [6.45, 7) is 7.87. The lowest BCUT2D eigenvalue weighted by atomic mass is 10.2. The average molecular weight is 275 g/mol. The van der Waals surface area contributed by atoms with Crippen molar-refractivity contribution in [2.24, 2.45) is 0 Å². The second-order valence-electron chi connectivity index (χ2n) is 5.65. The summed E-state index contributed by atoms with van der Waals surface area (Å²) in [5.74, 6) is 0. The van der Waals surface area contributed by atoms with Crippen molar-refractivity contribution in [3.05, 3.63) is 28.5 Å². The van der Waals surface area contributed by atoms with Gasteiger partial charge in [-0.15, -0.1) is 0 Å². The predicted molar refractivity (Wildman–Crippen MR) is 82.1 cm³/mol. The molecule has 1 fully saturated rings. The second kappa shape index (κ2) is 5.10. The quantitative estimate of drug-likeness (QED) is 0.867. The lowest BCUT2D eigenvalue weighted by Crippen LogP contribution is -2.33. The summed E-state index contributed by atoms with van der Waals surface area (Å²) in [7, 11) is 0. The van der Waals surface area contributed by atoms with E-state index in [0.717, 1.165) is 16.8 Å². The molecule has 1 atom stereocenters. The Morgan fingerprint density at radius 1 is 1.32 bits per heavy atom. The van der Waals surface area contributed by atoms with Gasteiger partial charge in [-0.2, -0.15) is 0 Å². The van der Waals surface area contributed by atoms with Crippen molar-refractivity contribution in [2.75, 3.05) is 13.1 Å². The lowest BCUT2D eigenvalue weighted by molar-refractivity contribution is 0.237. The largest absolute Gasteiger partial charge is 0.331 e. The molecule has 1 aromatic carbocycles. The topological polar surface area (TPSA) is 24.0 Å². The summed E-state index contributed by atoms with van der Waals surface area (Å²) in [5.41, 5.74) is 3.66. The summed E-state index contributed by atoms with van der Waals surface area (Å²) in [6.07, 6.45) is 2.67. The van der Waals surface area contributed by atoms with E-state index in [4.69, 9.17) is 12.2 Å². The highest BCUT2D eigenvalue weighted by molar-refractivity contribution is 7.71. The van der Waals surface area contributed by atoms with Crippen molar-refractivity contribution in [3.8, 4) is 0 Å². The number of hydrogen-bond donors (Lipinski definition) is 1. The van der Waals surface area contributed by atoms with E-state index in [2.05, 4.69) is 46.5 Å². The van der Waals surface area contributed by atoms with Crippen LogP contribution >= 0.6 is 12.2 Å². The van der Waals surface area contributed by atoms with Crippen molar-refractivity contribution in [1.82, 2.24) is 14.5 Å². The van der Waals surface area contributed by atoms with Crippen LogP contribution in [-0.4, -0.2) is 33.6 Å². The summed E-state index contributed by atoms with van der Waals surface area (Å²) >= 11 is 5.48. The summed E-state index contributed by atoms with van der Waals surface area (Å²) in [4.78, 5) is 5.88. The maximum absolute atomic E-state index is 5.48. The SMILES string of the molecule is Cc1ccc2[nH]c(=S)n(CC(C)N3CCCC3)c2c1. The highest BCUT2D eigenvalue weighted by atomic mass is 32.1. The molecule has 0 spiro atoms. The summed E-state index contributed by atoms with van der Waals surface area (Å²) in [6, 6.07) is 7.02. The minimum atomic E-state index is 0.550. The van der Waals surface area contributed by atoms with Gasteiger partial charge >= 0.3 is 0 Å². The number of fused-ring (bicyclic) bond motifs is 1. The standard InChI is InChI=1S/C15H21N3S/c1-11-5-6-13-14(9-11)18(15(19)16-13)10-12(2)17-7-3-4-8-17/h5-6,9,12H,3-4,7-8,10H2,1-2H3,(H,16,19). The first kappa shape index (κ1) is 12.9. The van der Waals surface area contributed by atoms with Crippen LogP contribution in [0.1, 0.15) is 25.3 Å². The number of aromatic amines is 1. The zero-order chi connectivity index (χ0) is 13.4. The van der Waals surface area contributed by atoms with Gasteiger partial charge in [0.1, 0.15) is 0 Å². The third-order valence-corrected chi connectivity index (χ3v) is 4.46. The minimum absolute atomic E-state index is 0.550. The van der Waals surface area contributed by atoms with Gasteiger partial charge in [-0.25, -0.2) is 0 Å². The molecule has 102 valence electrons. The van der Waals surface area contributed by atoms with Gasteiger partial charge in [-0.3, -0.25) is 4.90 Å². The monoisotopic (exact) mass is 275 g/mol. The Balaban J connectivity index is 1.93. The molecule has 3 rings (SSSR count). The molecule has 1 aromatic heterocycles. The van der Waals surface area contributed by atoms with Crippen LogP contribution < -0.4 is 0 Å². The van der Waals surface area contributed by atoms with E-state index in [1.807, 2.05) is 0 Å². The molecule has 2 heterocycles. The molecule has 2 aromatic rings. The normalized spacial score (nSPS) is 18.2. The van der Waals surface area contributed by atoms with Gasteiger partial charge < -0.3 is 9.55 Å². The fraction of sp³-hybridized carbons (Fsp3) is 0.533. The number of benzene rings is 1. The van der Waals surface area contributed by atoms with E-state index in [9.17, 15) is 0 Å². The molecule has 1 N–H and O–H groups in total. The van der Waals surface area contributed by atoms with Gasteiger partial charge in [0, 0.05) is 12.6 Å². The molecule has 19 heavy (non-hydrogen) atoms. The van der Waals surface area contributed by atoms with Crippen LogP contribution in [0.4, 0.5) is 0 Å². The van der Waals surface area contributed by atoms with Gasteiger partial charge in [-0.1, -0.05) is 6.07 Å². The fourth-order valence-corrected chi connectivity index (χ4v) is 3.29. The van der Waals surface area contributed by atoms with Crippen molar-refractivity contribution >= 4 is 23.3 Å². The molecular weight excluding hydrogens is 254 g/mol. The van der Waals surface area contributed by atoms with Gasteiger partial charge in [0.2, 0.25) is 0 Å². The predicted octanol–water partition coefficient (Wildman–Crippen LogP) is 3.49. The number of nitrogens with zero attached hydrogens (tertiary/aromatic N) is 2. The molecule has 0 bridgehead atoms. The van der Waals surface area contributed by atoms with Crippen LogP contribution in [0, 0.1) is 11.7 Å². The Labute approximate surface area is 119 Å². The molecule has 0 radical (unpaired) electrons. The number of aryl methyl sites for hydroxylation is 1. The van der Waals surface area contributed by atoms with E-state index in [0.29, 0.717) is 6.04 Å². The maximum Gasteiger partial charge on any atom is 0.178 e. The van der Waals surface area contributed by atoms with E-state index in [1.165, 1.54) is 37.0 Å². The smallest absolute Gasteiger partial charge is 0.178 e. The van der Waals surface area contributed by atoms with E-state index >= 15 is 0 Å². The lowest BCUT2D eigenvalue weighted by Gasteiger charge is -2.24. The zero-order valence-electron chi connectivity index (χ0n) is 11.6. The summed E-state index contributed by atoms with van der Waals surface area (Å²) < 4.78 is 3.09. The van der Waals surface area contributed by atoms with E-state index in [1.54, 1.807) is 0 Å². The Morgan fingerprint density at radius 2 is 2.05 bits per heavy atom. The number of imidazole rings is 1. The van der Waals surface area contributed by atoms with Crippen molar-refractivity contribution in [2.45, 2.75) is 39.3 Å². The van der Waals surface area contributed by atoms with Crippen LogP contribution in [0.25, 0.3) is 11.0 Å². The number of rotatable bonds is 3. The number of aromatic nitrogens is 2. The third-order valence-electron chi connectivity index (χ3n) is 4.14. The first-order chi connectivity index (χ1) is 9.15. The Hall–Kier alpha value is -1.13. The molecule has 1 aliphatic heterocycles. The zero-order valence-corrected chi connectivity index (χ0v) is 12.5. The first-order valence-electron chi connectivity index (χ1n) is 7.08. The van der Waals surface area contributed by atoms with Gasteiger partial charge in [0.05, 0.1) is 11.0 Å². The molecule has 0 saturated carbocycles. The van der Waals surface area contributed by atoms with Crippen LogP contribution in [0.2, 0.25) is 0 Å². The Bertz CT molecular complexity index is 634. The molecular formula is C15H21N3S. The summed E-state index contributed by atoms with van der Waals surface area (Å²) in [5, 5.41) is 0. The Morgan fingerprint density at radius 3 is 2.79 bits per heavy atom. The number of nitrogens with one attached hydrogen (secondary N) is 1. The van der Waals surface area contributed by atoms with Gasteiger partial charge in [0.25, 0.3) is 0 Å². The molecule has 1 saturated heterocycles. The number of H-pyrrole nitrogens is 1. The molecule has 0 aliphatic carbocycles. The minimum Gasteiger partial charge on any atom is -0.331 e. The highest BCUT2D eigenvalue weighted by Crippen LogP contribution is 2.19. The molecule has 1 unspecified atom stereocenters. The molecule has 1 aliphatic rings. The maximum atomic E-state index is 5.48. The van der Waals surface area contributed by atoms with Gasteiger partial charge in [0.15, 0.2) is 4.77 Å².